The topological polar surface area (TPSA) is 40.7 Å². The van der Waals surface area contributed by atoms with Crippen LogP contribution >= 0.6 is 0 Å². The van der Waals surface area contributed by atoms with E-state index in [2.05, 4.69) is 9.97 Å². The van der Waals surface area contributed by atoms with Crippen molar-refractivity contribution in [3.8, 4) is 0 Å². The van der Waals surface area contributed by atoms with Gasteiger partial charge in [0.2, 0.25) is 0 Å². The highest BCUT2D eigenvalue weighted by Gasteiger charge is 1.90. The van der Waals surface area contributed by atoms with E-state index < -0.39 is 0 Å². The second-order valence-electron chi connectivity index (χ2n) is 1.71. The molecule has 1 rings (SSSR count). The van der Waals surface area contributed by atoms with Crippen LogP contribution < -0.4 is 5.54 Å². The lowest BCUT2D eigenvalue weighted by molar-refractivity contribution is 0.337. The highest BCUT2D eigenvalue weighted by atomic mass is 19.2. The predicted octanol–water partition coefficient (Wildman–Crippen LogP) is 0.426. The van der Waals surface area contributed by atoms with E-state index >= 15 is 0 Å². The second kappa shape index (κ2) is 3.19. The monoisotopic (exact) mass is 129 g/mol. The fraction of sp³-hybridized carbons (Fsp3) is 0.400. The molecular formula is C5H8FN3. The van der Waals surface area contributed by atoms with E-state index in [0.29, 0.717) is 13.0 Å². The molecule has 0 aromatic carbocycles. The molecule has 4 heteroatoms. The molecule has 0 atom stereocenters. The van der Waals surface area contributed by atoms with Crippen molar-refractivity contribution in [2.24, 2.45) is 0 Å². The highest BCUT2D eigenvalue weighted by molar-refractivity contribution is 4.93. The summed E-state index contributed by atoms with van der Waals surface area (Å²) in [6, 6.07) is 0. The zero-order valence-electron chi connectivity index (χ0n) is 4.89. The summed E-state index contributed by atoms with van der Waals surface area (Å²) in [5, 5.41) is 0. The number of aromatic amines is 1. The number of nitrogens with one attached hydrogen (secondary N) is 2. The van der Waals surface area contributed by atoms with Gasteiger partial charge in [0.05, 0.1) is 6.33 Å². The van der Waals surface area contributed by atoms with Crippen molar-refractivity contribution >= 4 is 0 Å². The SMILES string of the molecule is FNCCc1cnc[nH]1. The average molecular weight is 129 g/mol. The Morgan fingerprint density at radius 1 is 1.78 bits per heavy atom. The highest BCUT2D eigenvalue weighted by Crippen LogP contribution is 1.89. The molecule has 0 radical (unpaired) electrons. The van der Waals surface area contributed by atoms with Gasteiger partial charge in [-0.3, -0.25) is 0 Å². The molecular weight excluding hydrogens is 121 g/mol. The van der Waals surface area contributed by atoms with Crippen molar-refractivity contribution in [2.45, 2.75) is 6.42 Å². The molecule has 9 heavy (non-hydrogen) atoms. The molecule has 1 aromatic heterocycles. The Hall–Kier alpha value is -0.900. The van der Waals surface area contributed by atoms with E-state index in [1.54, 1.807) is 18.1 Å². The smallest absolute Gasteiger partial charge is 0.0921 e. The van der Waals surface area contributed by atoms with Gasteiger partial charge in [0.25, 0.3) is 0 Å². The van der Waals surface area contributed by atoms with E-state index in [0.717, 1.165) is 5.69 Å². The Morgan fingerprint density at radius 2 is 2.67 bits per heavy atom. The summed E-state index contributed by atoms with van der Waals surface area (Å²) in [5.74, 6) is 0. The lowest BCUT2D eigenvalue weighted by atomic mass is 10.3. The second-order valence-corrected chi connectivity index (χ2v) is 1.71. The molecule has 50 valence electrons. The Balaban J connectivity index is 2.30. The molecule has 1 aromatic rings. The normalized spacial score (nSPS) is 9.89. The minimum absolute atomic E-state index is 0.336. The fourth-order valence-corrected chi connectivity index (χ4v) is 0.603. The van der Waals surface area contributed by atoms with Crippen LogP contribution in [0.1, 0.15) is 5.69 Å². The first-order valence-corrected chi connectivity index (χ1v) is 2.74. The lowest BCUT2D eigenvalue weighted by Gasteiger charge is -1.90. The third kappa shape index (κ3) is 1.81. The molecule has 1 heterocycles. The summed E-state index contributed by atoms with van der Waals surface area (Å²) in [7, 11) is 0. The van der Waals surface area contributed by atoms with E-state index in [1.165, 1.54) is 0 Å². The number of nitrogens with zero attached hydrogens (tertiary/aromatic N) is 1. The standard InChI is InChI=1S/C5H8FN3/c6-9-2-1-5-3-7-4-8-5/h3-4,9H,1-2H2,(H,7,8). The van der Waals surface area contributed by atoms with Crippen molar-refractivity contribution < 1.29 is 4.48 Å². The van der Waals surface area contributed by atoms with Crippen LogP contribution in [0.25, 0.3) is 0 Å². The maximum absolute atomic E-state index is 11.3. The van der Waals surface area contributed by atoms with Crippen LogP contribution in [0, 0.1) is 0 Å². The molecule has 0 aliphatic rings. The summed E-state index contributed by atoms with van der Waals surface area (Å²) in [4.78, 5) is 6.62. The molecule has 3 nitrogen and oxygen atoms in total. The van der Waals surface area contributed by atoms with Gasteiger partial charge in [-0.15, -0.1) is 4.48 Å². The van der Waals surface area contributed by atoms with Crippen LogP contribution in [0.2, 0.25) is 0 Å². The van der Waals surface area contributed by atoms with E-state index in [1.807, 2.05) is 0 Å². The number of halogens is 1. The van der Waals surface area contributed by atoms with Gasteiger partial charge in [-0.1, -0.05) is 0 Å². The third-order valence-electron chi connectivity index (χ3n) is 1.04. The van der Waals surface area contributed by atoms with Crippen LogP contribution in [0.4, 0.5) is 4.48 Å². The third-order valence-corrected chi connectivity index (χ3v) is 1.04. The van der Waals surface area contributed by atoms with Crippen LogP contribution in [0.3, 0.4) is 0 Å². The molecule has 0 fully saturated rings. The van der Waals surface area contributed by atoms with Crippen molar-refractivity contribution in [2.75, 3.05) is 6.54 Å². The number of hydrogen-bond acceptors (Lipinski definition) is 2. The number of imidazole rings is 1. The van der Waals surface area contributed by atoms with Crippen molar-refractivity contribution in [1.29, 1.82) is 0 Å². The summed E-state index contributed by atoms with van der Waals surface area (Å²) >= 11 is 0. The largest absolute Gasteiger partial charge is 0.348 e. The molecule has 0 saturated carbocycles. The van der Waals surface area contributed by atoms with Gasteiger partial charge in [-0.2, -0.15) is 5.54 Å². The Morgan fingerprint density at radius 3 is 3.22 bits per heavy atom. The molecule has 2 N–H and O–H groups in total. The summed E-state index contributed by atoms with van der Waals surface area (Å²) < 4.78 is 11.3. The van der Waals surface area contributed by atoms with Gasteiger partial charge in [-0.25, -0.2) is 4.98 Å². The molecule has 0 bridgehead atoms. The first-order valence-electron chi connectivity index (χ1n) is 2.74. The average Bonchev–Trinajstić information content (AvgIpc) is 2.34. The first kappa shape index (κ1) is 6.22. The van der Waals surface area contributed by atoms with E-state index in [-0.39, 0.29) is 0 Å². The van der Waals surface area contributed by atoms with Gasteiger partial charge in [-0.05, 0) is 0 Å². The maximum atomic E-state index is 11.3. The van der Waals surface area contributed by atoms with Gasteiger partial charge in [0.15, 0.2) is 0 Å². The van der Waals surface area contributed by atoms with Gasteiger partial charge in [0, 0.05) is 24.9 Å². The number of rotatable bonds is 3. The summed E-state index contributed by atoms with van der Waals surface area (Å²) in [6.07, 6.45) is 3.90. The van der Waals surface area contributed by atoms with Crippen molar-refractivity contribution in [3.05, 3.63) is 18.2 Å². The summed E-state index contributed by atoms with van der Waals surface area (Å²) in [5.41, 5.74) is 2.50. The maximum Gasteiger partial charge on any atom is 0.0921 e. The molecule has 0 unspecified atom stereocenters. The van der Waals surface area contributed by atoms with E-state index in [4.69, 9.17) is 0 Å². The van der Waals surface area contributed by atoms with Crippen molar-refractivity contribution in [1.82, 2.24) is 15.5 Å². The van der Waals surface area contributed by atoms with Crippen LogP contribution in [-0.4, -0.2) is 16.5 Å². The van der Waals surface area contributed by atoms with Gasteiger partial charge in [0.1, 0.15) is 0 Å². The number of H-pyrrole nitrogens is 1. The number of hydrogen-bond donors (Lipinski definition) is 2. The summed E-state index contributed by atoms with van der Waals surface area (Å²) in [6.45, 7) is 0.336. The number of aromatic nitrogens is 2. The lowest BCUT2D eigenvalue weighted by Crippen LogP contribution is -2.05. The minimum Gasteiger partial charge on any atom is -0.348 e. The molecule has 0 saturated heterocycles. The van der Waals surface area contributed by atoms with Crippen LogP contribution in [0.15, 0.2) is 12.5 Å². The molecule has 0 amide bonds. The predicted molar refractivity (Wildman–Crippen MR) is 31.4 cm³/mol. The zero-order valence-corrected chi connectivity index (χ0v) is 4.89. The molecule has 0 aliphatic carbocycles. The van der Waals surface area contributed by atoms with Gasteiger partial charge >= 0.3 is 0 Å². The Labute approximate surface area is 52.2 Å². The quantitative estimate of drug-likeness (QED) is 0.581. The molecule has 0 spiro atoms. The fourth-order valence-electron chi connectivity index (χ4n) is 0.603. The molecule has 0 aliphatic heterocycles. The van der Waals surface area contributed by atoms with Gasteiger partial charge < -0.3 is 4.98 Å². The minimum atomic E-state index is 0.336. The zero-order chi connectivity index (χ0) is 6.53. The Bertz CT molecular complexity index is 149. The van der Waals surface area contributed by atoms with Crippen molar-refractivity contribution in [3.63, 3.8) is 0 Å². The van der Waals surface area contributed by atoms with Crippen LogP contribution in [-0.2, 0) is 6.42 Å². The van der Waals surface area contributed by atoms with E-state index in [9.17, 15) is 4.48 Å². The first-order chi connectivity index (χ1) is 4.43. The van der Waals surface area contributed by atoms with Crippen LogP contribution in [0.5, 0.6) is 0 Å². The Kier molecular flexibility index (Phi) is 2.21.